The van der Waals surface area contributed by atoms with Crippen molar-refractivity contribution in [2.24, 2.45) is 0 Å². The maximum Gasteiger partial charge on any atom is 0.268 e. The molecule has 0 aliphatic carbocycles. The van der Waals surface area contributed by atoms with Crippen molar-refractivity contribution in [1.82, 2.24) is 10.2 Å². The smallest absolute Gasteiger partial charge is 0.268 e. The summed E-state index contributed by atoms with van der Waals surface area (Å²) in [4.78, 5) is 30.3. The zero-order valence-electron chi connectivity index (χ0n) is 17.7. The first-order valence-electron chi connectivity index (χ1n) is 10.6. The highest BCUT2D eigenvalue weighted by molar-refractivity contribution is 7.12. The van der Waals surface area contributed by atoms with Crippen molar-refractivity contribution in [3.8, 4) is 0 Å². The number of benzene rings is 2. The van der Waals surface area contributed by atoms with Gasteiger partial charge < -0.3 is 10.2 Å². The number of thiophene rings is 1. The van der Waals surface area contributed by atoms with E-state index in [9.17, 15) is 9.59 Å². The van der Waals surface area contributed by atoms with E-state index in [2.05, 4.69) is 34.5 Å². The van der Waals surface area contributed by atoms with Crippen LogP contribution in [-0.4, -0.2) is 36.9 Å². The molecule has 1 fully saturated rings. The Kier molecular flexibility index (Phi) is 6.79. The lowest BCUT2D eigenvalue weighted by Gasteiger charge is -2.20. The van der Waals surface area contributed by atoms with E-state index in [4.69, 9.17) is 0 Å². The van der Waals surface area contributed by atoms with Crippen LogP contribution in [0.25, 0.3) is 0 Å². The number of nitrogens with one attached hydrogen (secondary N) is 1. The number of hydrogen-bond donors (Lipinski definition) is 1. The van der Waals surface area contributed by atoms with Gasteiger partial charge in [0.25, 0.3) is 11.8 Å². The summed E-state index contributed by atoms with van der Waals surface area (Å²) in [5.41, 5.74) is 3.44. The van der Waals surface area contributed by atoms with Crippen molar-refractivity contribution in [1.29, 1.82) is 0 Å². The first kappa shape index (κ1) is 21.3. The Bertz CT molecular complexity index is 1030. The Morgan fingerprint density at radius 1 is 0.968 bits per heavy atom. The number of carbonyl (C=O) groups excluding carboxylic acids is 2. The Labute approximate surface area is 187 Å². The molecule has 4 rings (SSSR count). The topological polar surface area (TPSA) is 52.7 Å². The Morgan fingerprint density at radius 2 is 1.68 bits per heavy atom. The fraction of sp³-hybridized carbons (Fsp3) is 0.280. The van der Waals surface area contributed by atoms with Crippen LogP contribution < -0.4 is 10.2 Å². The SMILES string of the molecule is CN(C(=O)c1cccs1)c1ccccc1C(=O)NCc1ccc(CN2CCCC2)cc1. The Morgan fingerprint density at radius 3 is 2.39 bits per heavy atom. The monoisotopic (exact) mass is 433 g/mol. The summed E-state index contributed by atoms with van der Waals surface area (Å²) in [6, 6.07) is 19.3. The molecule has 3 aromatic rings. The second-order valence-corrected chi connectivity index (χ2v) is 8.79. The number of carbonyl (C=O) groups is 2. The summed E-state index contributed by atoms with van der Waals surface area (Å²) in [6.07, 6.45) is 2.58. The molecule has 1 aliphatic heterocycles. The van der Waals surface area contributed by atoms with Crippen LogP contribution in [0.2, 0.25) is 0 Å². The maximum absolute atomic E-state index is 12.9. The van der Waals surface area contributed by atoms with Crippen molar-refractivity contribution in [3.63, 3.8) is 0 Å². The number of nitrogens with zero attached hydrogens (tertiary/aromatic N) is 2. The maximum atomic E-state index is 12.9. The van der Waals surface area contributed by atoms with Crippen molar-refractivity contribution in [2.45, 2.75) is 25.9 Å². The molecule has 31 heavy (non-hydrogen) atoms. The minimum atomic E-state index is -0.192. The third kappa shape index (κ3) is 5.21. The number of amides is 2. The van der Waals surface area contributed by atoms with Crippen molar-refractivity contribution in [3.05, 3.63) is 87.6 Å². The molecule has 1 aliphatic rings. The van der Waals surface area contributed by atoms with Crippen molar-refractivity contribution in [2.75, 3.05) is 25.0 Å². The zero-order valence-corrected chi connectivity index (χ0v) is 18.5. The predicted octanol–water partition coefficient (Wildman–Crippen LogP) is 4.55. The van der Waals surface area contributed by atoms with Gasteiger partial charge in [0.1, 0.15) is 0 Å². The first-order chi connectivity index (χ1) is 15.1. The van der Waals surface area contributed by atoms with Gasteiger partial charge in [0.05, 0.1) is 16.1 Å². The first-order valence-corrected chi connectivity index (χ1v) is 11.5. The lowest BCUT2D eigenvalue weighted by Crippen LogP contribution is -2.30. The highest BCUT2D eigenvalue weighted by Gasteiger charge is 2.20. The van der Waals surface area contributed by atoms with E-state index in [1.165, 1.54) is 47.7 Å². The van der Waals surface area contributed by atoms with Gasteiger partial charge in [-0.15, -0.1) is 11.3 Å². The third-order valence-corrected chi connectivity index (χ3v) is 6.49. The van der Waals surface area contributed by atoms with Crippen LogP contribution in [0.15, 0.2) is 66.0 Å². The quantitative estimate of drug-likeness (QED) is 0.595. The summed E-state index contributed by atoms with van der Waals surface area (Å²) in [5, 5.41) is 4.86. The van der Waals surface area contributed by atoms with Crippen molar-refractivity contribution >= 4 is 28.8 Å². The molecular formula is C25H27N3O2S. The molecule has 6 heteroatoms. The van der Waals surface area contributed by atoms with Gasteiger partial charge in [-0.1, -0.05) is 42.5 Å². The van der Waals surface area contributed by atoms with Gasteiger partial charge >= 0.3 is 0 Å². The van der Waals surface area contributed by atoms with Crippen LogP contribution in [0.1, 0.15) is 44.0 Å². The fourth-order valence-electron chi connectivity index (χ4n) is 3.87. The molecule has 0 saturated carbocycles. The minimum absolute atomic E-state index is 0.121. The van der Waals surface area contributed by atoms with Gasteiger partial charge in [-0.25, -0.2) is 0 Å². The largest absolute Gasteiger partial charge is 0.348 e. The van der Waals surface area contributed by atoms with Gasteiger partial charge in [0, 0.05) is 20.1 Å². The highest BCUT2D eigenvalue weighted by Crippen LogP contribution is 2.23. The fourth-order valence-corrected chi connectivity index (χ4v) is 4.57. The van der Waals surface area contributed by atoms with Crippen LogP contribution in [0.3, 0.4) is 0 Å². The molecule has 2 amide bonds. The second kappa shape index (κ2) is 9.90. The van der Waals surface area contributed by atoms with E-state index in [0.29, 0.717) is 22.7 Å². The van der Waals surface area contributed by atoms with E-state index in [-0.39, 0.29) is 11.8 Å². The molecule has 0 bridgehead atoms. The predicted molar refractivity (Wildman–Crippen MR) is 126 cm³/mol. The second-order valence-electron chi connectivity index (χ2n) is 7.84. The van der Waals surface area contributed by atoms with Crippen LogP contribution in [0.4, 0.5) is 5.69 Å². The van der Waals surface area contributed by atoms with E-state index >= 15 is 0 Å². The summed E-state index contributed by atoms with van der Waals surface area (Å²) in [7, 11) is 1.70. The van der Waals surface area contributed by atoms with Gasteiger partial charge in [0.15, 0.2) is 0 Å². The molecule has 160 valence electrons. The van der Waals surface area contributed by atoms with Crippen LogP contribution in [0.5, 0.6) is 0 Å². The highest BCUT2D eigenvalue weighted by atomic mass is 32.1. The van der Waals surface area contributed by atoms with Crippen molar-refractivity contribution < 1.29 is 9.59 Å². The molecule has 0 unspecified atom stereocenters. The average Bonchev–Trinajstić information content (AvgIpc) is 3.52. The van der Waals surface area contributed by atoms with E-state index in [1.54, 1.807) is 25.2 Å². The normalized spacial score (nSPS) is 13.8. The summed E-state index contributed by atoms with van der Waals surface area (Å²) in [5.74, 6) is -0.314. The molecule has 1 N–H and O–H groups in total. The van der Waals surface area contributed by atoms with Crippen LogP contribution in [0, 0.1) is 0 Å². The molecular weight excluding hydrogens is 406 g/mol. The van der Waals surface area contributed by atoms with E-state index in [0.717, 1.165) is 12.1 Å². The molecule has 2 heterocycles. The number of anilines is 1. The number of para-hydroxylation sites is 1. The van der Waals surface area contributed by atoms with Gasteiger partial charge in [-0.2, -0.15) is 0 Å². The van der Waals surface area contributed by atoms with Crippen LogP contribution >= 0.6 is 11.3 Å². The van der Waals surface area contributed by atoms with E-state index in [1.807, 2.05) is 23.6 Å². The number of likely N-dealkylation sites (tertiary alicyclic amines) is 1. The summed E-state index contributed by atoms with van der Waals surface area (Å²) >= 11 is 1.39. The lowest BCUT2D eigenvalue weighted by atomic mass is 10.1. The molecule has 0 radical (unpaired) electrons. The Balaban J connectivity index is 1.39. The number of hydrogen-bond acceptors (Lipinski definition) is 4. The third-order valence-electron chi connectivity index (χ3n) is 5.63. The molecule has 1 saturated heterocycles. The van der Waals surface area contributed by atoms with Gasteiger partial charge in [0.2, 0.25) is 0 Å². The molecule has 2 aromatic carbocycles. The standard InChI is InChI=1S/C25H27N3O2S/c1-27(25(30)23-9-6-16-31-23)22-8-3-2-7-21(22)24(29)26-17-19-10-12-20(13-11-19)18-28-14-4-5-15-28/h2-3,6-13,16H,4-5,14-15,17-18H2,1H3,(H,26,29). The molecule has 0 atom stereocenters. The lowest BCUT2D eigenvalue weighted by molar-refractivity contribution is 0.0951. The molecule has 0 spiro atoms. The Hall–Kier alpha value is -2.96. The minimum Gasteiger partial charge on any atom is -0.348 e. The average molecular weight is 434 g/mol. The van der Waals surface area contributed by atoms with E-state index < -0.39 is 0 Å². The summed E-state index contributed by atoms with van der Waals surface area (Å²) < 4.78 is 0. The number of rotatable bonds is 7. The van der Waals surface area contributed by atoms with Gasteiger partial charge in [-0.3, -0.25) is 14.5 Å². The summed E-state index contributed by atoms with van der Waals surface area (Å²) in [6.45, 7) is 3.80. The molecule has 1 aromatic heterocycles. The van der Waals surface area contributed by atoms with Crippen LogP contribution in [-0.2, 0) is 13.1 Å². The zero-order chi connectivity index (χ0) is 21.6. The molecule has 5 nitrogen and oxygen atoms in total. The van der Waals surface area contributed by atoms with Gasteiger partial charge in [-0.05, 0) is 60.6 Å².